The molecule has 0 atom stereocenters. The maximum Gasteiger partial charge on any atom is 0.226 e. The maximum absolute atomic E-state index is 13.1. The highest BCUT2D eigenvalue weighted by molar-refractivity contribution is 5.79. The minimum absolute atomic E-state index is 0.171. The van der Waals surface area contributed by atoms with Gasteiger partial charge >= 0.3 is 0 Å². The second-order valence-electron chi connectivity index (χ2n) is 7.17. The molecule has 0 N–H and O–H groups in total. The lowest BCUT2D eigenvalue weighted by molar-refractivity contribution is -0.138. The minimum Gasteiger partial charge on any atom is -0.467 e. The zero-order valence-corrected chi connectivity index (χ0v) is 15.3. The van der Waals surface area contributed by atoms with E-state index in [1.165, 1.54) is 24.9 Å². The molecule has 1 heterocycles. The van der Waals surface area contributed by atoms with E-state index < -0.39 is 0 Å². The summed E-state index contributed by atoms with van der Waals surface area (Å²) in [7, 11) is 4.07. The van der Waals surface area contributed by atoms with Crippen LogP contribution in [0.4, 0.5) is 5.69 Å². The lowest BCUT2D eigenvalue weighted by Crippen LogP contribution is -2.36. The van der Waals surface area contributed by atoms with Crippen molar-refractivity contribution in [2.24, 2.45) is 5.92 Å². The van der Waals surface area contributed by atoms with Crippen molar-refractivity contribution in [1.29, 1.82) is 0 Å². The lowest BCUT2D eigenvalue weighted by Gasteiger charge is -2.29. The molecule has 0 saturated heterocycles. The average Bonchev–Trinajstić information content (AvgIpc) is 3.15. The minimum atomic E-state index is 0.171. The Hall–Kier alpha value is -2.23. The molecule has 0 radical (unpaired) electrons. The topological polar surface area (TPSA) is 36.7 Å². The van der Waals surface area contributed by atoms with Crippen LogP contribution in [0, 0.1) is 5.92 Å². The molecule has 25 heavy (non-hydrogen) atoms. The van der Waals surface area contributed by atoms with Crippen molar-refractivity contribution in [3.05, 3.63) is 54.0 Å². The van der Waals surface area contributed by atoms with E-state index in [1.807, 2.05) is 31.1 Å². The summed E-state index contributed by atoms with van der Waals surface area (Å²) in [5.74, 6) is 1.28. The third-order valence-corrected chi connectivity index (χ3v) is 5.02. The number of amides is 1. The van der Waals surface area contributed by atoms with Crippen molar-refractivity contribution in [2.45, 2.75) is 45.2 Å². The molecule has 0 spiro atoms. The third-order valence-electron chi connectivity index (χ3n) is 5.02. The van der Waals surface area contributed by atoms with Crippen LogP contribution in [0.1, 0.15) is 43.4 Å². The highest BCUT2D eigenvalue weighted by Crippen LogP contribution is 2.27. The molecule has 4 nitrogen and oxygen atoms in total. The van der Waals surface area contributed by atoms with Crippen molar-refractivity contribution in [2.75, 3.05) is 19.0 Å². The van der Waals surface area contributed by atoms with Gasteiger partial charge in [-0.1, -0.05) is 31.4 Å². The number of carbonyl (C=O) groups is 1. The van der Waals surface area contributed by atoms with E-state index in [9.17, 15) is 4.79 Å². The molecule has 1 aliphatic rings. The van der Waals surface area contributed by atoms with E-state index in [0.717, 1.165) is 24.2 Å². The van der Waals surface area contributed by atoms with Gasteiger partial charge in [-0.15, -0.1) is 0 Å². The third kappa shape index (κ3) is 4.65. The van der Waals surface area contributed by atoms with Gasteiger partial charge in [0.05, 0.1) is 12.8 Å². The molecule has 1 aromatic heterocycles. The Kier molecular flexibility index (Phi) is 5.79. The number of anilines is 1. The second-order valence-corrected chi connectivity index (χ2v) is 7.17. The summed E-state index contributed by atoms with van der Waals surface area (Å²) in [4.78, 5) is 17.1. The highest BCUT2D eigenvalue weighted by Gasteiger charge is 2.26. The fraction of sp³-hybridized carbons (Fsp3) is 0.476. The fourth-order valence-electron chi connectivity index (χ4n) is 3.53. The summed E-state index contributed by atoms with van der Waals surface area (Å²) >= 11 is 0. The van der Waals surface area contributed by atoms with Crippen molar-refractivity contribution in [3.8, 4) is 0 Å². The van der Waals surface area contributed by atoms with Gasteiger partial charge in [0.1, 0.15) is 5.76 Å². The van der Waals surface area contributed by atoms with E-state index in [4.69, 9.17) is 4.42 Å². The summed E-state index contributed by atoms with van der Waals surface area (Å²) in [6, 6.07) is 12.2. The Morgan fingerprint density at radius 3 is 2.36 bits per heavy atom. The fourth-order valence-corrected chi connectivity index (χ4v) is 3.53. The molecule has 1 saturated carbocycles. The van der Waals surface area contributed by atoms with Gasteiger partial charge in [-0.2, -0.15) is 0 Å². The quantitative estimate of drug-likeness (QED) is 0.779. The summed E-state index contributed by atoms with van der Waals surface area (Å²) in [5.41, 5.74) is 2.32. The van der Waals surface area contributed by atoms with Crippen molar-refractivity contribution < 1.29 is 9.21 Å². The van der Waals surface area contributed by atoms with Crippen LogP contribution >= 0.6 is 0 Å². The van der Waals surface area contributed by atoms with E-state index in [-0.39, 0.29) is 11.8 Å². The summed E-state index contributed by atoms with van der Waals surface area (Å²) in [6.45, 7) is 1.17. The van der Waals surface area contributed by atoms with E-state index in [0.29, 0.717) is 13.1 Å². The lowest BCUT2D eigenvalue weighted by atomic mass is 9.88. The van der Waals surface area contributed by atoms with Crippen LogP contribution in [0.3, 0.4) is 0 Å². The van der Waals surface area contributed by atoms with Gasteiger partial charge in [0.2, 0.25) is 5.91 Å². The Labute approximate surface area is 150 Å². The van der Waals surface area contributed by atoms with Gasteiger partial charge < -0.3 is 14.2 Å². The summed E-state index contributed by atoms with van der Waals surface area (Å²) in [5, 5.41) is 0. The van der Waals surface area contributed by atoms with Crippen LogP contribution in [-0.2, 0) is 17.9 Å². The van der Waals surface area contributed by atoms with Gasteiger partial charge in [0.25, 0.3) is 0 Å². The van der Waals surface area contributed by atoms with Gasteiger partial charge in [-0.05, 0) is 42.7 Å². The smallest absolute Gasteiger partial charge is 0.226 e. The monoisotopic (exact) mass is 340 g/mol. The van der Waals surface area contributed by atoms with E-state index >= 15 is 0 Å². The van der Waals surface area contributed by atoms with E-state index in [2.05, 4.69) is 29.2 Å². The average molecular weight is 340 g/mol. The maximum atomic E-state index is 13.1. The molecule has 1 aliphatic carbocycles. The van der Waals surface area contributed by atoms with Crippen LogP contribution in [0.15, 0.2) is 47.1 Å². The molecule has 134 valence electrons. The Morgan fingerprint density at radius 2 is 1.76 bits per heavy atom. The van der Waals surface area contributed by atoms with Gasteiger partial charge in [-0.3, -0.25) is 4.79 Å². The van der Waals surface area contributed by atoms with Crippen molar-refractivity contribution in [1.82, 2.24) is 4.90 Å². The number of hydrogen-bond donors (Lipinski definition) is 0. The highest BCUT2D eigenvalue weighted by atomic mass is 16.3. The Morgan fingerprint density at radius 1 is 1.04 bits per heavy atom. The first-order valence-corrected chi connectivity index (χ1v) is 9.21. The van der Waals surface area contributed by atoms with Crippen LogP contribution in [0.5, 0.6) is 0 Å². The zero-order chi connectivity index (χ0) is 17.6. The largest absolute Gasteiger partial charge is 0.467 e. The van der Waals surface area contributed by atoms with Crippen molar-refractivity contribution in [3.63, 3.8) is 0 Å². The van der Waals surface area contributed by atoms with Crippen LogP contribution in [0.25, 0.3) is 0 Å². The first-order chi connectivity index (χ1) is 12.1. The first-order valence-electron chi connectivity index (χ1n) is 9.21. The van der Waals surface area contributed by atoms with Crippen LogP contribution in [0.2, 0.25) is 0 Å². The molecular formula is C21H28N2O2. The molecule has 0 bridgehead atoms. The Balaban J connectivity index is 1.74. The molecule has 2 aromatic rings. The molecule has 3 rings (SSSR count). The van der Waals surface area contributed by atoms with Crippen LogP contribution < -0.4 is 4.90 Å². The molecular weight excluding hydrogens is 312 g/mol. The molecule has 1 fully saturated rings. The molecule has 1 amide bonds. The summed E-state index contributed by atoms with van der Waals surface area (Å²) < 4.78 is 5.49. The van der Waals surface area contributed by atoms with E-state index in [1.54, 1.807) is 6.26 Å². The second kappa shape index (κ2) is 8.24. The number of furan rings is 1. The first kappa shape index (κ1) is 17.6. The predicted octanol–water partition coefficient (Wildman–Crippen LogP) is 4.45. The molecule has 0 aliphatic heterocycles. The van der Waals surface area contributed by atoms with Gasteiger partial charge in [-0.25, -0.2) is 0 Å². The number of benzene rings is 1. The van der Waals surface area contributed by atoms with Gasteiger partial charge in [0, 0.05) is 32.2 Å². The SMILES string of the molecule is CN(C)c1ccc(CN(Cc2ccco2)C(=O)C2CCCCC2)cc1. The number of rotatable bonds is 6. The Bertz CT molecular complexity index is 656. The molecule has 0 unspecified atom stereocenters. The summed E-state index contributed by atoms with van der Waals surface area (Å²) in [6.07, 6.45) is 7.31. The van der Waals surface area contributed by atoms with Crippen molar-refractivity contribution >= 4 is 11.6 Å². The molecule has 4 heteroatoms. The number of hydrogen-bond acceptors (Lipinski definition) is 3. The number of carbonyl (C=O) groups excluding carboxylic acids is 1. The zero-order valence-electron chi connectivity index (χ0n) is 15.3. The predicted molar refractivity (Wildman–Crippen MR) is 100 cm³/mol. The number of nitrogens with zero attached hydrogens (tertiary/aromatic N) is 2. The van der Waals surface area contributed by atoms with Crippen LogP contribution in [-0.4, -0.2) is 24.9 Å². The molecule has 1 aromatic carbocycles. The normalized spacial score (nSPS) is 15.1. The standard InChI is InChI=1S/C21H28N2O2/c1-22(2)19-12-10-17(11-13-19)15-23(16-20-9-6-14-25-20)21(24)18-7-4-3-5-8-18/h6,9-14,18H,3-5,7-8,15-16H2,1-2H3. The van der Waals surface area contributed by atoms with Gasteiger partial charge in [0.15, 0.2) is 0 Å².